The third-order valence-corrected chi connectivity index (χ3v) is 4.50. The molecule has 0 amide bonds. The van der Waals surface area contributed by atoms with Crippen molar-refractivity contribution in [2.24, 2.45) is 0 Å². The largest absolute Gasteiger partial charge is 0.390 e. The van der Waals surface area contributed by atoms with Crippen LogP contribution in [0.5, 0.6) is 0 Å². The van der Waals surface area contributed by atoms with Crippen molar-refractivity contribution in [2.45, 2.75) is 19.2 Å². The van der Waals surface area contributed by atoms with Crippen molar-refractivity contribution in [3.8, 4) is 0 Å². The normalized spacial score (nSPS) is 12.6. The van der Waals surface area contributed by atoms with Gasteiger partial charge in [0.1, 0.15) is 0 Å². The van der Waals surface area contributed by atoms with Crippen molar-refractivity contribution < 1.29 is 5.11 Å². The summed E-state index contributed by atoms with van der Waals surface area (Å²) in [6.07, 6.45) is 0.844. The fraction of sp³-hybridized carbons (Fsp3) is 0.263. The molecule has 0 aliphatic carbocycles. The van der Waals surface area contributed by atoms with Crippen molar-refractivity contribution in [3.05, 3.63) is 75.2 Å². The third-order valence-electron chi connectivity index (χ3n) is 4.01. The molecule has 25 heavy (non-hydrogen) atoms. The number of fused-ring (bicyclic) bond motifs is 1. The average Bonchev–Trinajstić information content (AvgIpc) is 2.58. The maximum absolute atomic E-state index is 12.6. The molecule has 0 radical (unpaired) electrons. The van der Waals surface area contributed by atoms with Gasteiger partial charge in [-0.3, -0.25) is 14.3 Å². The molecule has 0 saturated carbocycles. The highest BCUT2D eigenvalue weighted by Gasteiger charge is 2.12. The third kappa shape index (κ3) is 4.54. The van der Waals surface area contributed by atoms with E-state index in [2.05, 4.69) is 33.0 Å². The number of likely N-dealkylation sites (N-methyl/N-ethyl adjacent to an activating group) is 1. The van der Waals surface area contributed by atoms with Crippen LogP contribution in [-0.2, 0) is 13.1 Å². The molecule has 1 heterocycles. The molecule has 6 heteroatoms. The predicted molar refractivity (Wildman–Crippen MR) is 102 cm³/mol. The summed E-state index contributed by atoms with van der Waals surface area (Å²) >= 11 is 3.37. The number of aromatic nitrogens is 2. The summed E-state index contributed by atoms with van der Waals surface area (Å²) in [5.41, 5.74) is 1.70. The lowest BCUT2D eigenvalue weighted by atomic mass is 10.2. The maximum atomic E-state index is 12.6. The molecule has 0 fully saturated rings. The molecule has 2 aromatic carbocycles. The summed E-state index contributed by atoms with van der Waals surface area (Å²) in [4.78, 5) is 18.9. The number of rotatable bonds is 6. The van der Waals surface area contributed by atoms with Crippen molar-refractivity contribution in [3.63, 3.8) is 0 Å². The predicted octanol–water partition coefficient (Wildman–Crippen LogP) is 2.65. The van der Waals surface area contributed by atoms with Gasteiger partial charge in [0.2, 0.25) is 0 Å². The first-order valence-corrected chi connectivity index (χ1v) is 8.87. The number of aliphatic hydroxyl groups excluding tert-OH is 1. The molecule has 0 saturated heterocycles. The van der Waals surface area contributed by atoms with Gasteiger partial charge in [0.25, 0.3) is 5.56 Å². The first-order valence-electron chi connectivity index (χ1n) is 8.08. The van der Waals surface area contributed by atoms with Gasteiger partial charge in [-0.05, 0) is 30.8 Å². The molecule has 130 valence electrons. The Balaban J connectivity index is 1.68. The van der Waals surface area contributed by atoms with Gasteiger partial charge in [-0.2, -0.15) is 0 Å². The molecule has 3 rings (SSSR count). The van der Waals surface area contributed by atoms with Crippen molar-refractivity contribution in [1.82, 2.24) is 14.5 Å². The van der Waals surface area contributed by atoms with E-state index in [0.717, 1.165) is 11.0 Å². The number of hydrogen-bond donors (Lipinski definition) is 1. The topological polar surface area (TPSA) is 58.4 Å². The molecule has 5 nitrogen and oxygen atoms in total. The second-order valence-corrected chi connectivity index (χ2v) is 7.12. The smallest absolute Gasteiger partial charge is 0.261 e. The van der Waals surface area contributed by atoms with Gasteiger partial charge in [0.15, 0.2) is 0 Å². The summed E-state index contributed by atoms with van der Waals surface area (Å²) in [6, 6.07) is 15.5. The maximum Gasteiger partial charge on any atom is 0.261 e. The standard InChI is InChI=1S/C19H20BrN3O2/c1-22(10-14-5-3-2-4-6-14)11-16(24)12-23-13-21-18-8-7-15(20)9-17(18)19(23)25/h2-9,13,16,24H,10-12H2,1H3/t16-/m0/s1. The van der Waals surface area contributed by atoms with Crippen LogP contribution in [0.4, 0.5) is 0 Å². The van der Waals surface area contributed by atoms with E-state index in [4.69, 9.17) is 0 Å². The summed E-state index contributed by atoms with van der Waals surface area (Å²) in [5.74, 6) is 0. The zero-order chi connectivity index (χ0) is 17.8. The van der Waals surface area contributed by atoms with Crippen LogP contribution in [0.2, 0.25) is 0 Å². The van der Waals surface area contributed by atoms with Crippen LogP contribution in [-0.4, -0.2) is 39.3 Å². The molecule has 0 aliphatic rings. The van der Waals surface area contributed by atoms with Crippen LogP contribution < -0.4 is 5.56 Å². The van der Waals surface area contributed by atoms with Gasteiger partial charge in [-0.15, -0.1) is 0 Å². The van der Waals surface area contributed by atoms with Crippen molar-refractivity contribution >= 4 is 26.8 Å². The molecular formula is C19H20BrN3O2. The quantitative estimate of drug-likeness (QED) is 0.689. The van der Waals surface area contributed by atoms with E-state index in [1.165, 1.54) is 16.5 Å². The van der Waals surface area contributed by atoms with Gasteiger partial charge < -0.3 is 5.11 Å². The van der Waals surface area contributed by atoms with Crippen molar-refractivity contribution in [1.29, 1.82) is 0 Å². The fourth-order valence-electron chi connectivity index (χ4n) is 2.87. The van der Waals surface area contributed by atoms with E-state index < -0.39 is 6.10 Å². The van der Waals surface area contributed by atoms with E-state index in [1.807, 2.05) is 36.2 Å². The lowest BCUT2D eigenvalue weighted by Gasteiger charge is -2.21. The molecule has 0 bridgehead atoms. The Labute approximate surface area is 154 Å². The first-order chi connectivity index (χ1) is 12.0. The molecule has 0 spiro atoms. The Morgan fingerprint density at radius 2 is 2.00 bits per heavy atom. The number of aliphatic hydroxyl groups is 1. The summed E-state index contributed by atoms with van der Waals surface area (Å²) in [6.45, 7) is 1.43. The second-order valence-electron chi connectivity index (χ2n) is 6.20. The summed E-state index contributed by atoms with van der Waals surface area (Å²) in [5, 5.41) is 10.9. The van der Waals surface area contributed by atoms with Crippen LogP contribution in [0.3, 0.4) is 0 Å². The average molecular weight is 402 g/mol. The number of hydrogen-bond acceptors (Lipinski definition) is 4. The van der Waals surface area contributed by atoms with Crippen LogP contribution >= 0.6 is 15.9 Å². The zero-order valence-electron chi connectivity index (χ0n) is 14.0. The number of benzene rings is 2. The van der Waals surface area contributed by atoms with Crippen molar-refractivity contribution in [2.75, 3.05) is 13.6 Å². The first kappa shape index (κ1) is 17.8. The van der Waals surface area contributed by atoms with Gasteiger partial charge >= 0.3 is 0 Å². The number of nitrogens with zero attached hydrogens (tertiary/aromatic N) is 3. The lowest BCUT2D eigenvalue weighted by Crippen LogP contribution is -2.34. The Hall–Kier alpha value is -2.02. The summed E-state index contributed by atoms with van der Waals surface area (Å²) < 4.78 is 2.30. The molecule has 0 unspecified atom stereocenters. The van der Waals surface area contributed by atoms with Gasteiger partial charge in [0.05, 0.1) is 29.9 Å². The van der Waals surface area contributed by atoms with E-state index in [9.17, 15) is 9.90 Å². The van der Waals surface area contributed by atoms with Gasteiger partial charge in [-0.25, -0.2) is 4.98 Å². The highest BCUT2D eigenvalue weighted by molar-refractivity contribution is 9.10. The van der Waals surface area contributed by atoms with Gasteiger partial charge in [0, 0.05) is 17.6 Å². The second kappa shape index (κ2) is 7.91. The Bertz CT molecular complexity index is 911. The van der Waals surface area contributed by atoms with Gasteiger partial charge in [-0.1, -0.05) is 46.3 Å². The van der Waals surface area contributed by atoms with Crippen LogP contribution in [0, 0.1) is 0 Å². The van der Waals surface area contributed by atoms with Crippen LogP contribution in [0.1, 0.15) is 5.56 Å². The Morgan fingerprint density at radius 1 is 1.24 bits per heavy atom. The van der Waals surface area contributed by atoms with E-state index in [-0.39, 0.29) is 12.1 Å². The monoisotopic (exact) mass is 401 g/mol. The Kier molecular flexibility index (Phi) is 5.63. The molecule has 1 atom stereocenters. The van der Waals surface area contributed by atoms with Crippen LogP contribution in [0.15, 0.2) is 64.1 Å². The SMILES string of the molecule is CN(Cc1ccccc1)C[C@H](O)Cn1cnc2ccc(Br)cc2c1=O. The fourth-order valence-corrected chi connectivity index (χ4v) is 3.23. The molecule has 0 aliphatic heterocycles. The lowest BCUT2D eigenvalue weighted by molar-refractivity contribution is 0.106. The minimum absolute atomic E-state index is 0.143. The molecule has 3 aromatic rings. The number of halogens is 1. The Morgan fingerprint density at radius 3 is 2.76 bits per heavy atom. The summed E-state index contributed by atoms with van der Waals surface area (Å²) in [7, 11) is 1.95. The molecule has 1 N–H and O–H groups in total. The minimum Gasteiger partial charge on any atom is -0.390 e. The van der Waals surface area contributed by atoms with Crippen LogP contribution in [0.25, 0.3) is 10.9 Å². The molecule has 1 aromatic heterocycles. The zero-order valence-corrected chi connectivity index (χ0v) is 15.6. The van der Waals surface area contributed by atoms with E-state index in [1.54, 1.807) is 12.1 Å². The van der Waals surface area contributed by atoms with E-state index in [0.29, 0.717) is 17.4 Å². The highest BCUT2D eigenvalue weighted by Crippen LogP contribution is 2.15. The van der Waals surface area contributed by atoms with E-state index >= 15 is 0 Å². The molecular weight excluding hydrogens is 382 g/mol. The highest BCUT2D eigenvalue weighted by atomic mass is 79.9. The minimum atomic E-state index is -0.655.